The Morgan fingerprint density at radius 2 is 0.895 bits per heavy atom. The van der Waals surface area contributed by atoms with Crippen molar-refractivity contribution in [1.29, 1.82) is 0 Å². The van der Waals surface area contributed by atoms with Crippen molar-refractivity contribution >= 4 is 21.5 Å². The van der Waals surface area contributed by atoms with E-state index >= 15 is 0 Å². The maximum atomic E-state index is 5.04. The highest BCUT2D eigenvalue weighted by Crippen LogP contribution is 2.33. The van der Waals surface area contributed by atoms with E-state index in [4.69, 9.17) is 15.0 Å². The molecule has 0 atom stereocenters. The summed E-state index contributed by atoms with van der Waals surface area (Å²) < 4.78 is 0. The predicted molar refractivity (Wildman–Crippen MR) is 157 cm³/mol. The van der Waals surface area contributed by atoms with Crippen LogP contribution < -0.4 is 0 Å². The third-order valence-corrected chi connectivity index (χ3v) is 6.91. The van der Waals surface area contributed by atoms with Crippen LogP contribution in [-0.4, -0.2) is 15.0 Å². The van der Waals surface area contributed by atoms with Crippen LogP contribution >= 0.6 is 0 Å². The van der Waals surface area contributed by atoms with Gasteiger partial charge in [-0.1, -0.05) is 127 Å². The first-order valence-electron chi connectivity index (χ1n) is 12.7. The van der Waals surface area contributed by atoms with E-state index in [2.05, 4.69) is 103 Å². The molecule has 0 unspecified atom stereocenters. The van der Waals surface area contributed by atoms with Crippen LogP contribution in [0.25, 0.3) is 66.8 Å². The molecule has 0 bridgehead atoms. The lowest BCUT2D eigenvalue weighted by Gasteiger charge is -2.12. The van der Waals surface area contributed by atoms with Crippen molar-refractivity contribution in [3.8, 4) is 45.3 Å². The van der Waals surface area contributed by atoms with Crippen molar-refractivity contribution in [2.75, 3.05) is 0 Å². The lowest BCUT2D eigenvalue weighted by atomic mass is 9.98. The summed E-state index contributed by atoms with van der Waals surface area (Å²) in [5.41, 5.74) is 5.26. The smallest absolute Gasteiger partial charge is 0.164 e. The van der Waals surface area contributed by atoms with Gasteiger partial charge in [0.15, 0.2) is 17.5 Å². The fraction of sp³-hybridized carbons (Fsp3) is 0. The van der Waals surface area contributed by atoms with Crippen LogP contribution in [0.2, 0.25) is 0 Å². The minimum absolute atomic E-state index is 0.662. The van der Waals surface area contributed by atoms with Gasteiger partial charge in [-0.3, -0.25) is 0 Å². The molecule has 7 aromatic rings. The first-order valence-corrected chi connectivity index (χ1v) is 12.7. The lowest BCUT2D eigenvalue weighted by molar-refractivity contribution is 1.08. The largest absolute Gasteiger partial charge is 0.208 e. The van der Waals surface area contributed by atoms with E-state index in [-0.39, 0.29) is 0 Å². The van der Waals surface area contributed by atoms with Gasteiger partial charge in [-0.05, 0) is 44.8 Å². The summed E-state index contributed by atoms with van der Waals surface area (Å²) in [6.07, 6.45) is 0. The third kappa shape index (κ3) is 4.10. The van der Waals surface area contributed by atoms with Crippen molar-refractivity contribution in [3.63, 3.8) is 0 Å². The number of hydrogen-bond donors (Lipinski definition) is 0. The summed E-state index contributed by atoms with van der Waals surface area (Å²) in [6.45, 7) is 0. The second-order valence-corrected chi connectivity index (χ2v) is 9.34. The van der Waals surface area contributed by atoms with Gasteiger partial charge in [0.1, 0.15) is 0 Å². The zero-order valence-electron chi connectivity index (χ0n) is 20.6. The zero-order valence-corrected chi connectivity index (χ0v) is 20.6. The summed E-state index contributed by atoms with van der Waals surface area (Å²) in [5.74, 6) is 1.99. The van der Waals surface area contributed by atoms with E-state index < -0.39 is 0 Å². The zero-order chi connectivity index (χ0) is 25.3. The van der Waals surface area contributed by atoms with Gasteiger partial charge in [0.25, 0.3) is 0 Å². The molecule has 1 heterocycles. The highest BCUT2D eigenvalue weighted by molar-refractivity contribution is 5.98. The van der Waals surface area contributed by atoms with Gasteiger partial charge >= 0.3 is 0 Å². The van der Waals surface area contributed by atoms with Gasteiger partial charge in [-0.2, -0.15) is 0 Å². The summed E-state index contributed by atoms with van der Waals surface area (Å²) in [4.78, 5) is 15.0. The van der Waals surface area contributed by atoms with E-state index in [1.165, 1.54) is 10.9 Å². The molecule has 0 aliphatic carbocycles. The van der Waals surface area contributed by atoms with Crippen LogP contribution in [0.5, 0.6) is 0 Å². The lowest BCUT2D eigenvalue weighted by Crippen LogP contribution is -2.00. The van der Waals surface area contributed by atoms with Crippen LogP contribution in [-0.2, 0) is 0 Å². The Morgan fingerprint density at radius 1 is 0.316 bits per heavy atom. The second-order valence-electron chi connectivity index (χ2n) is 9.34. The molecule has 0 radical (unpaired) electrons. The Morgan fingerprint density at radius 3 is 1.68 bits per heavy atom. The number of benzene rings is 6. The number of fused-ring (bicyclic) bond motifs is 2. The van der Waals surface area contributed by atoms with Crippen molar-refractivity contribution in [3.05, 3.63) is 140 Å². The Hall–Kier alpha value is -5.15. The molecule has 3 nitrogen and oxygen atoms in total. The molecule has 0 saturated heterocycles. The highest BCUT2D eigenvalue weighted by Gasteiger charge is 2.15. The Kier molecular flexibility index (Phi) is 5.45. The molecule has 7 rings (SSSR count). The van der Waals surface area contributed by atoms with E-state index in [1.54, 1.807) is 0 Å². The number of aromatic nitrogens is 3. The SMILES string of the molecule is c1ccc(-c2ccc3cccc(-c4nc(-c5ccccc5)nc(-c5ccc6ccccc6c5)n4)c3c2)cc1. The first kappa shape index (κ1) is 22.1. The summed E-state index contributed by atoms with van der Waals surface area (Å²) in [7, 11) is 0. The predicted octanol–water partition coefficient (Wildman–Crippen LogP) is 8.85. The maximum Gasteiger partial charge on any atom is 0.164 e. The van der Waals surface area contributed by atoms with Crippen LogP contribution in [0.1, 0.15) is 0 Å². The molecule has 0 spiro atoms. The van der Waals surface area contributed by atoms with Crippen molar-refractivity contribution in [1.82, 2.24) is 15.0 Å². The molecule has 0 N–H and O–H groups in total. The number of rotatable bonds is 4. The fourth-order valence-electron chi connectivity index (χ4n) is 4.95. The molecular weight excluding hydrogens is 462 g/mol. The molecule has 6 aromatic carbocycles. The van der Waals surface area contributed by atoms with Crippen molar-refractivity contribution in [2.24, 2.45) is 0 Å². The number of nitrogens with zero attached hydrogens (tertiary/aromatic N) is 3. The fourth-order valence-corrected chi connectivity index (χ4v) is 4.95. The summed E-state index contributed by atoms with van der Waals surface area (Å²) in [6, 6.07) is 48.2. The average molecular weight is 486 g/mol. The molecule has 1 aromatic heterocycles. The molecule has 0 aliphatic heterocycles. The van der Waals surface area contributed by atoms with Crippen molar-refractivity contribution in [2.45, 2.75) is 0 Å². The molecule has 0 aliphatic rings. The van der Waals surface area contributed by atoms with Gasteiger partial charge in [0.05, 0.1) is 0 Å². The van der Waals surface area contributed by atoms with Gasteiger partial charge in [0.2, 0.25) is 0 Å². The normalized spacial score (nSPS) is 11.2. The Balaban J connectivity index is 1.45. The second kappa shape index (κ2) is 9.38. The molecule has 38 heavy (non-hydrogen) atoms. The topological polar surface area (TPSA) is 38.7 Å². The molecule has 0 amide bonds. The first-order chi connectivity index (χ1) is 18.8. The monoisotopic (exact) mass is 485 g/mol. The van der Waals surface area contributed by atoms with Crippen LogP contribution in [0, 0.1) is 0 Å². The molecule has 178 valence electrons. The Bertz CT molecular complexity index is 1910. The minimum atomic E-state index is 0.662. The standard InChI is InChI=1S/C35H23N3/c1-3-10-24(11-4-1)29-20-19-26-16-9-17-31(32(26)23-29)35-37-33(27-13-5-2-6-14-27)36-34(38-35)30-21-18-25-12-7-8-15-28(25)22-30/h1-23H. The average Bonchev–Trinajstić information content (AvgIpc) is 3.01. The van der Waals surface area contributed by atoms with Gasteiger partial charge in [0, 0.05) is 16.7 Å². The highest BCUT2D eigenvalue weighted by atomic mass is 15.0. The minimum Gasteiger partial charge on any atom is -0.208 e. The molecule has 3 heteroatoms. The Labute approximate surface area is 221 Å². The van der Waals surface area contributed by atoms with Crippen LogP contribution in [0.3, 0.4) is 0 Å². The molecular formula is C35H23N3. The maximum absolute atomic E-state index is 5.04. The van der Waals surface area contributed by atoms with E-state index in [9.17, 15) is 0 Å². The molecule has 0 saturated carbocycles. The van der Waals surface area contributed by atoms with Crippen LogP contribution in [0.15, 0.2) is 140 Å². The van der Waals surface area contributed by atoms with E-state index in [1.807, 2.05) is 36.4 Å². The summed E-state index contributed by atoms with van der Waals surface area (Å²) >= 11 is 0. The number of hydrogen-bond acceptors (Lipinski definition) is 3. The van der Waals surface area contributed by atoms with Crippen LogP contribution in [0.4, 0.5) is 0 Å². The van der Waals surface area contributed by atoms with Gasteiger partial charge in [-0.15, -0.1) is 0 Å². The van der Waals surface area contributed by atoms with E-state index in [0.29, 0.717) is 17.5 Å². The van der Waals surface area contributed by atoms with Crippen molar-refractivity contribution < 1.29 is 0 Å². The quantitative estimate of drug-likeness (QED) is 0.250. The van der Waals surface area contributed by atoms with Gasteiger partial charge < -0.3 is 0 Å². The van der Waals surface area contributed by atoms with Gasteiger partial charge in [-0.25, -0.2) is 15.0 Å². The summed E-state index contributed by atoms with van der Waals surface area (Å²) in [5, 5.41) is 4.61. The third-order valence-electron chi connectivity index (χ3n) is 6.91. The molecule has 0 fully saturated rings. The van der Waals surface area contributed by atoms with E-state index in [0.717, 1.165) is 38.4 Å².